The summed E-state index contributed by atoms with van der Waals surface area (Å²) in [6, 6.07) is 0. The van der Waals surface area contributed by atoms with Crippen LogP contribution in [0.2, 0.25) is 0 Å². The second-order valence-electron chi connectivity index (χ2n) is 2.63. The fourth-order valence-corrected chi connectivity index (χ4v) is 0.970. The molecule has 1 heterocycles. The minimum Gasteiger partial charge on any atom is -0.416 e. The zero-order valence-electron chi connectivity index (χ0n) is 6.71. The van der Waals surface area contributed by atoms with Crippen LogP contribution in [0.1, 0.15) is 13.3 Å². The van der Waals surface area contributed by atoms with Crippen molar-refractivity contribution in [3.63, 3.8) is 0 Å². The number of rotatable bonds is 6. The molecule has 0 bridgehead atoms. The average Bonchev–Trinajstić information content (AvgIpc) is 2.81. The Bertz CT molecular complexity index is 106. The topological polar surface area (TPSA) is 31.0 Å². The quantitative estimate of drug-likeness (QED) is 0.427. The number of epoxide rings is 1. The maximum atomic E-state index is 5.47. The van der Waals surface area contributed by atoms with Crippen molar-refractivity contribution < 1.29 is 13.9 Å². The van der Waals surface area contributed by atoms with E-state index in [4.69, 9.17) is 13.9 Å². The predicted molar refractivity (Wildman–Crippen MR) is 41.5 cm³/mol. The third-order valence-electron chi connectivity index (χ3n) is 1.64. The van der Waals surface area contributed by atoms with Gasteiger partial charge in [0.15, 0.2) is 0 Å². The van der Waals surface area contributed by atoms with Gasteiger partial charge >= 0.3 is 0 Å². The molecule has 1 aliphatic heterocycles. The number of ether oxygens (including phenoxy) is 2. The molecule has 1 fully saturated rings. The molecule has 1 rings (SSSR count). The lowest BCUT2D eigenvalue weighted by molar-refractivity contribution is 0.0126. The predicted octanol–water partition coefficient (Wildman–Crippen LogP) is 0.280. The summed E-state index contributed by atoms with van der Waals surface area (Å²) in [6.07, 6.45) is 1.51. The van der Waals surface area contributed by atoms with Gasteiger partial charge in [-0.05, 0) is 6.42 Å². The monoisotopic (exact) mass is 173 g/mol. The lowest BCUT2D eigenvalue weighted by atomic mass is 10.3. The molecule has 0 aliphatic carbocycles. The van der Waals surface area contributed by atoms with Gasteiger partial charge < -0.3 is 13.9 Å². The Morgan fingerprint density at radius 2 is 2.45 bits per heavy atom. The lowest BCUT2D eigenvalue weighted by Gasteiger charge is -2.13. The normalized spacial score (nSPS) is 25.1. The highest BCUT2D eigenvalue weighted by Gasteiger charge is 2.23. The van der Waals surface area contributed by atoms with E-state index in [1.54, 1.807) is 0 Å². The summed E-state index contributed by atoms with van der Waals surface area (Å²) in [5, 5.41) is 0. The Hall–Kier alpha value is 0.0969. The largest absolute Gasteiger partial charge is 0.416 e. The molecule has 1 aliphatic rings. The zero-order chi connectivity index (χ0) is 8.10. The van der Waals surface area contributed by atoms with Crippen LogP contribution in [-0.4, -0.2) is 42.5 Å². The van der Waals surface area contributed by atoms with Gasteiger partial charge in [-0.15, -0.1) is 0 Å². The molecule has 0 saturated carbocycles. The van der Waals surface area contributed by atoms with Crippen molar-refractivity contribution in [1.82, 2.24) is 0 Å². The van der Waals surface area contributed by atoms with Gasteiger partial charge in [-0.1, -0.05) is 6.92 Å². The fraction of sp³-hybridized carbons (Fsp3) is 1.00. The summed E-state index contributed by atoms with van der Waals surface area (Å²) in [4.78, 5) is 0. The highest BCUT2D eigenvalue weighted by atomic mass is 28.2. The van der Waals surface area contributed by atoms with Crippen molar-refractivity contribution in [2.24, 2.45) is 0 Å². The molecule has 2 atom stereocenters. The van der Waals surface area contributed by atoms with Crippen LogP contribution in [0.4, 0.5) is 0 Å². The van der Waals surface area contributed by atoms with Crippen LogP contribution in [0, 0.1) is 0 Å². The minimum absolute atomic E-state index is 0.191. The molecular weight excluding hydrogens is 160 g/mol. The molecule has 11 heavy (non-hydrogen) atoms. The van der Waals surface area contributed by atoms with E-state index in [-0.39, 0.29) is 6.10 Å². The van der Waals surface area contributed by atoms with Gasteiger partial charge in [0.1, 0.15) is 6.10 Å². The molecule has 3 nitrogen and oxygen atoms in total. The van der Waals surface area contributed by atoms with Crippen molar-refractivity contribution in [3.05, 3.63) is 0 Å². The molecule has 0 aromatic carbocycles. The van der Waals surface area contributed by atoms with E-state index in [0.29, 0.717) is 19.3 Å². The van der Waals surface area contributed by atoms with Gasteiger partial charge in [0.2, 0.25) is 10.5 Å². The smallest absolute Gasteiger partial charge is 0.246 e. The molecule has 0 N–H and O–H groups in total. The number of hydrogen-bond donors (Lipinski definition) is 0. The summed E-state index contributed by atoms with van der Waals surface area (Å²) < 4.78 is 15.3. The fourth-order valence-electron chi connectivity index (χ4n) is 0.784. The van der Waals surface area contributed by atoms with Crippen LogP contribution in [-0.2, 0) is 13.9 Å². The van der Waals surface area contributed by atoms with Crippen LogP contribution in [0.5, 0.6) is 0 Å². The SMILES string of the molecule is CCC(CO[Si])OCC1CO1. The lowest BCUT2D eigenvalue weighted by Crippen LogP contribution is -2.20. The van der Waals surface area contributed by atoms with Gasteiger partial charge in [-0.25, -0.2) is 0 Å². The molecule has 3 radical (unpaired) electrons. The van der Waals surface area contributed by atoms with Crippen LogP contribution in [0.3, 0.4) is 0 Å². The van der Waals surface area contributed by atoms with Gasteiger partial charge in [0, 0.05) is 0 Å². The maximum absolute atomic E-state index is 5.47. The minimum atomic E-state index is 0.191. The van der Waals surface area contributed by atoms with Crippen molar-refractivity contribution in [1.29, 1.82) is 0 Å². The standard InChI is InChI=1S/C7H13O3Si/c1-2-6(5-10-11)8-3-7-4-9-7/h6-7H,2-5H2,1H3. The second kappa shape index (κ2) is 4.87. The zero-order valence-corrected chi connectivity index (χ0v) is 7.71. The summed E-state index contributed by atoms with van der Waals surface area (Å²) in [5.74, 6) is 0. The molecule has 0 aromatic rings. The third kappa shape index (κ3) is 3.86. The maximum Gasteiger partial charge on any atom is 0.246 e. The molecule has 0 spiro atoms. The molecular formula is C7H13O3Si. The van der Waals surface area contributed by atoms with Gasteiger partial charge in [0.05, 0.1) is 25.9 Å². The first-order valence-electron chi connectivity index (χ1n) is 3.88. The third-order valence-corrected chi connectivity index (χ3v) is 1.81. The Morgan fingerprint density at radius 1 is 1.73 bits per heavy atom. The Balaban J connectivity index is 1.98. The van der Waals surface area contributed by atoms with E-state index in [1.165, 1.54) is 0 Å². The van der Waals surface area contributed by atoms with Gasteiger partial charge in [-0.3, -0.25) is 0 Å². The Kier molecular flexibility index (Phi) is 4.07. The molecule has 63 valence electrons. The highest BCUT2D eigenvalue weighted by Crippen LogP contribution is 2.10. The Labute approximate surface area is 70.6 Å². The molecule has 1 saturated heterocycles. The molecule has 4 heteroatoms. The summed E-state index contributed by atoms with van der Waals surface area (Å²) in [5.41, 5.74) is 0. The summed E-state index contributed by atoms with van der Waals surface area (Å²) in [7, 11) is 2.95. The van der Waals surface area contributed by atoms with Crippen molar-refractivity contribution in [2.45, 2.75) is 25.6 Å². The van der Waals surface area contributed by atoms with E-state index in [0.717, 1.165) is 13.0 Å². The number of hydrogen-bond acceptors (Lipinski definition) is 3. The first kappa shape index (κ1) is 9.19. The highest BCUT2D eigenvalue weighted by molar-refractivity contribution is 5.97. The van der Waals surface area contributed by atoms with E-state index >= 15 is 0 Å². The van der Waals surface area contributed by atoms with Crippen molar-refractivity contribution in [2.75, 3.05) is 19.8 Å². The Morgan fingerprint density at radius 3 is 2.91 bits per heavy atom. The van der Waals surface area contributed by atoms with Crippen molar-refractivity contribution >= 4 is 10.5 Å². The van der Waals surface area contributed by atoms with Crippen molar-refractivity contribution in [3.8, 4) is 0 Å². The van der Waals surface area contributed by atoms with E-state index in [2.05, 4.69) is 17.4 Å². The van der Waals surface area contributed by atoms with Crippen LogP contribution >= 0.6 is 0 Å². The van der Waals surface area contributed by atoms with E-state index < -0.39 is 0 Å². The van der Waals surface area contributed by atoms with Crippen LogP contribution < -0.4 is 0 Å². The van der Waals surface area contributed by atoms with Crippen LogP contribution in [0.15, 0.2) is 0 Å². The second-order valence-corrected chi connectivity index (χ2v) is 2.92. The molecule has 2 unspecified atom stereocenters. The first-order valence-corrected chi connectivity index (χ1v) is 4.29. The molecule has 0 aromatic heterocycles. The van der Waals surface area contributed by atoms with Gasteiger partial charge in [-0.2, -0.15) is 0 Å². The van der Waals surface area contributed by atoms with E-state index in [9.17, 15) is 0 Å². The van der Waals surface area contributed by atoms with E-state index in [1.807, 2.05) is 0 Å². The summed E-state index contributed by atoms with van der Waals surface area (Å²) in [6.45, 7) is 4.23. The average molecular weight is 173 g/mol. The first-order chi connectivity index (χ1) is 5.36. The van der Waals surface area contributed by atoms with Gasteiger partial charge in [0.25, 0.3) is 0 Å². The molecule has 0 amide bonds. The van der Waals surface area contributed by atoms with Crippen LogP contribution in [0.25, 0.3) is 0 Å². The summed E-state index contributed by atoms with van der Waals surface area (Å²) >= 11 is 0.